The standard InChI is InChI=1S/C11H19N3S/c1-7-4-3-5-9(6-7)13-11-8(2)10(12)14-15-11/h7,9,13H,3-6H2,1-2H3,(H2,12,14). The zero-order valence-corrected chi connectivity index (χ0v) is 10.2. The second kappa shape index (κ2) is 4.39. The van der Waals surface area contributed by atoms with Gasteiger partial charge in [-0.05, 0) is 37.2 Å². The first-order chi connectivity index (χ1) is 7.16. The molecule has 15 heavy (non-hydrogen) atoms. The topological polar surface area (TPSA) is 50.9 Å². The molecule has 3 nitrogen and oxygen atoms in total. The van der Waals surface area contributed by atoms with Gasteiger partial charge in [-0.25, -0.2) is 0 Å². The van der Waals surface area contributed by atoms with Gasteiger partial charge in [0.05, 0.1) is 0 Å². The predicted octanol–water partition coefficient (Wildman–Crippen LogP) is 3.02. The number of hydrogen-bond donors (Lipinski definition) is 2. The van der Waals surface area contributed by atoms with E-state index in [0.29, 0.717) is 11.9 Å². The molecule has 1 saturated carbocycles. The van der Waals surface area contributed by atoms with Crippen LogP contribution in [0.5, 0.6) is 0 Å². The van der Waals surface area contributed by atoms with Gasteiger partial charge in [-0.3, -0.25) is 0 Å². The zero-order valence-electron chi connectivity index (χ0n) is 9.42. The van der Waals surface area contributed by atoms with E-state index in [1.807, 2.05) is 6.92 Å². The van der Waals surface area contributed by atoms with Crippen LogP contribution in [-0.2, 0) is 0 Å². The van der Waals surface area contributed by atoms with E-state index < -0.39 is 0 Å². The van der Waals surface area contributed by atoms with Gasteiger partial charge in [-0.1, -0.05) is 19.8 Å². The lowest BCUT2D eigenvalue weighted by molar-refractivity contribution is 0.359. The molecule has 4 heteroatoms. The Bertz CT molecular complexity index is 335. The monoisotopic (exact) mass is 225 g/mol. The van der Waals surface area contributed by atoms with Crippen molar-refractivity contribution >= 4 is 22.4 Å². The summed E-state index contributed by atoms with van der Waals surface area (Å²) in [5, 5.41) is 4.74. The van der Waals surface area contributed by atoms with Crippen molar-refractivity contribution in [3.63, 3.8) is 0 Å². The van der Waals surface area contributed by atoms with E-state index in [9.17, 15) is 0 Å². The van der Waals surface area contributed by atoms with Crippen molar-refractivity contribution in [1.82, 2.24) is 4.37 Å². The van der Waals surface area contributed by atoms with Gasteiger partial charge in [0, 0.05) is 11.6 Å². The minimum absolute atomic E-state index is 0.618. The molecule has 0 aliphatic heterocycles. The van der Waals surface area contributed by atoms with Gasteiger partial charge < -0.3 is 11.1 Å². The highest BCUT2D eigenvalue weighted by molar-refractivity contribution is 7.10. The van der Waals surface area contributed by atoms with Crippen molar-refractivity contribution in [2.75, 3.05) is 11.1 Å². The van der Waals surface area contributed by atoms with E-state index in [4.69, 9.17) is 5.73 Å². The lowest BCUT2D eigenvalue weighted by Gasteiger charge is -2.27. The minimum Gasteiger partial charge on any atom is -0.383 e. The van der Waals surface area contributed by atoms with E-state index in [0.717, 1.165) is 16.5 Å². The van der Waals surface area contributed by atoms with Crippen LogP contribution in [0.1, 0.15) is 38.2 Å². The Kier molecular flexibility index (Phi) is 3.14. The molecule has 0 saturated heterocycles. The highest BCUT2D eigenvalue weighted by Gasteiger charge is 2.20. The van der Waals surface area contributed by atoms with E-state index in [1.54, 1.807) is 0 Å². The number of nitrogens with two attached hydrogens (primary N) is 1. The number of nitrogen functional groups attached to an aromatic ring is 1. The van der Waals surface area contributed by atoms with Gasteiger partial charge in [0.15, 0.2) is 0 Å². The first-order valence-electron chi connectivity index (χ1n) is 5.65. The van der Waals surface area contributed by atoms with Crippen molar-refractivity contribution < 1.29 is 0 Å². The van der Waals surface area contributed by atoms with Crippen LogP contribution < -0.4 is 11.1 Å². The second-order valence-electron chi connectivity index (χ2n) is 4.63. The van der Waals surface area contributed by atoms with Gasteiger partial charge in [-0.15, -0.1) is 0 Å². The number of hydrogen-bond acceptors (Lipinski definition) is 4. The molecule has 3 N–H and O–H groups in total. The van der Waals surface area contributed by atoms with Gasteiger partial charge in [-0.2, -0.15) is 4.37 Å². The number of nitrogens with zero attached hydrogens (tertiary/aromatic N) is 1. The highest BCUT2D eigenvalue weighted by Crippen LogP contribution is 2.30. The van der Waals surface area contributed by atoms with Crippen LogP contribution in [0.4, 0.5) is 10.8 Å². The average molecular weight is 225 g/mol. The number of anilines is 2. The van der Waals surface area contributed by atoms with Crippen molar-refractivity contribution in [2.45, 2.75) is 45.6 Å². The first-order valence-corrected chi connectivity index (χ1v) is 6.42. The van der Waals surface area contributed by atoms with Crippen molar-refractivity contribution in [3.8, 4) is 0 Å². The minimum atomic E-state index is 0.618. The molecule has 1 aliphatic carbocycles. The average Bonchev–Trinajstić information content (AvgIpc) is 2.50. The molecule has 2 atom stereocenters. The van der Waals surface area contributed by atoms with E-state index >= 15 is 0 Å². The zero-order chi connectivity index (χ0) is 10.8. The molecule has 1 aromatic heterocycles. The van der Waals surface area contributed by atoms with Gasteiger partial charge in [0.2, 0.25) is 0 Å². The summed E-state index contributed by atoms with van der Waals surface area (Å²) in [5.41, 5.74) is 6.84. The Hall–Kier alpha value is -0.770. The second-order valence-corrected chi connectivity index (χ2v) is 5.41. The summed E-state index contributed by atoms with van der Waals surface area (Å²) in [6.45, 7) is 4.37. The molecule has 1 aliphatic rings. The van der Waals surface area contributed by atoms with Crippen LogP contribution in [0.15, 0.2) is 0 Å². The van der Waals surface area contributed by atoms with E-state index in [1.165, 1.54) is 37.2 Å². The lowest BCUT2D eigenvalue weighted by Crippen LogP contribution is -2.26. The molecular weight excluding hydrogens is 206 g/mol. The molecule has 84 valence electrons. The Morgan fingerprint density at radius 1 is 1.47 bits per heavy atom. The smallest absolute Gasteiger partial charge is 0.142 e. The Morgan fingerprint density at radius 3 is 2.87 bits per heavy atom. The van der Waals surface area contributed by atoms with Crippen molar-refractivity contribution in [2.24, 2.45) is 5.92 Å². The highest BCUT2D eigenvalue weighted by atomic mass is 32.1. The fourth-order valence-electron chi connectivity index (χ4n) is 2.23. The summed E-state index contributed by atoms with van der Waals surface area (Å²) in [4.78, 5) is 0. The van der Waals surface area contributed by atoms with Crippen molar-refractivity contribution in [3.05, 3.63) is 5.56 Å². The molecule has 0 aromatic carbocycles. The van der Waals surface area contributed by atoms with Gasteiger partial charge in [0.1, 0.15) is 10.8 Å². The maximum absolute atomic E-state index is 5.73. The van der Waals surface area contributed by atoms with Crippen LogP contribution in [0, 0.1) is 12.8 Å². The molecule has 0 amide bonds. The third-order valence-electron chi connectivity index (χ3n) is 3.23. The number of nitrogens with one attached hydrogen (secondary N) is 1. The summed E-state index contributed by atoms with van der Waals surface area (Å²) in [6, 6.07) is 0.618. The predicted molar refractivity (Wildman–Crippen MR) is 66.3 cm³/mol. The van der Waals surface area contributed by atoms with E-state index in [-0.39, 0.29) is 0 Å². The summed E-state index contributed by atoms with van der Waals surface area (Å²) < 4.78 is 4.16. The molecule has 1 fully saturated rings. The van der Waals surface area contributed by atoms with Crippen LogP contribution >= 0.6 is 11.5 Å². The summed E-state index contributed by atoms with van der Waals surface area (Å²) in [6.07, 6.45) is 5.27. The Morgan fingerprint density at radius 2 is 2.27 bits per heavy atom. The molecule has 1 heterocycles. The van der Waals surface area contributed by atoms with Crippen LogP contribution in [-0.4, -0.2) is 10.4 Å². The third-order valence-corrected chi connectivity index (χ3v) is 4.13. The molecular formula is C11H19N3S. The van der Waals surface area contributed by atoms with Crippen LogP contribution in [0.25, 0.3) is 0 Å². The number of aromatic nitrogens is 1. The third kappa shape index (κ3) is 2.43. The molecule has 2 unspecified atom stereocenters. The summed E-state index contributed by atoms with van der Waals surface area (Å²) in [7, 11) is 0. The fraction of sp³-hybridized carbons (Fsp3) is 0.727. The fourth-order valence-corrected chi connectivity index (χ4v) is 3.02. The maximum atomic E-state index is 5.73. The number of rotatable bonds is 2. The van der Waals surface area contributed by atoms with Crippen LogP contribution in [0.2, 0.25) is 0 Å². The first kappa shape index (κ1) is 10.7. The van der Waals surface area contributed by atoms with E-state index in [2.05, 4.69) is 16.6 Å². The Balaban J connectivity index is 1.99. The van der Waals surface area contributed by atoms with Crippen LogP contribution in [0.3, 0.4) is 0 Å². The Labute approximate surface area is 95.2 Å². The summed E-state index contributed by atoms with van der Waals surface area (Å²) in [5.74, 6) is 1.52. The van der Waals surface area contributed by atoms with Gasteiger partial charge in [0.25, 0.3) is 0 Å². The lowest BCUT2D eigenvalue weighted by atomic mass is 9.87. The molecule has 2 rings (SSSR count). The SMILES string of the molecule is Cc1c(N)nsc1NC1CCCC(C)C1. The molecule has 0 bridgehead atoms. The normalized spacial score (nSPS) is 26.5. The quantitative estimate of drug-likeness (QED) is 0.813. The maximum Gasteiger partial charge on any atom is 0.142 e. The molecule has 1 aromatic rings. The van der Waals surface area contributed by atoms with Crippen molar-refractivity contribution in [1.29, 1.82) is 0 Å². The largest absolute Gasteiger partial charge is 0.383 e. The molecule has 0 radical (unpaired) electrons. The summed E-state index contributed by atoms with van der Waals surface area (Å²) >= 11 is 1.48. The van der Waals surface area contributed by atoms with Gasteiger partial charge >= 0.3 is 0 Å². The molecule has 0 spiro atoms.